The third kappa shape index (κ3) is 6.09. The van der Waals surface area contributed by atoms with Gasteiger partial charge >= 0.3 is 0 Å². The molecule has 0 heterocycles. The number of rotatable bonds is 9. The summed E-state index contributed by atoms with van der Waals surface area (Å²) in [6, 6.07) is 4.62. The van der Waals surface area contributed by atoms with Gasteiger partial charge in [-0.3, -0.25) is 0 Å². The topological polar surface area (TPSA) is 54.9 Å². The van der Waals surface area contributed by atoms with Crippen molar-refractivity contribution in [3.8, 4) is 11.5 Å². The first-order chi connectivity index (χ1) is 13.1. The molecule has 0 bridgehead atoms. The zero-order chi connectivity index (χ0) is 19.6. The second-order valence-electron chi connectivity index (χ2n) is 6.69. The first-order valence-corrected chi connectivity index (χ1v) is 10.9. The molecule has 5 nitrogen and oxygen atoms in total. The number of ether oxygens (including phenoxy) is 2. The van der Waals surface area contributed by atoms with E-state index in [1.165, 1.54) is 19.3 Å². The van der Waals surface area contributed by atoms with Gasteiger partial charge in [0.15, 0.2) is 17.5 Å². The Balaban J connectivity index is 2.14. The molecule has 2 rings (SSSR count). The normalized spacial score (nSPS) is 19.6. The molecule has 2 atom stereocenters. The number of allylic oxidation sites excluding steroid dienone is 1. The van der Waals surface area contributed by atoms with Crippen molar-refractivity contribution in [2.24, 2.45) is 4.99 Å². The maximum absolute atomic E-state index is 5.51. The van der Waals surface area contributed by atoms with E-state index in [0.717, 1.165) is 46.8 Å². The molecule has 1 saturated carbocycles. The zero-order valence-electron chi connectivity index (χ0n) is 17.0. The van der Waals surface area contributed by atoms with Crippen molar-refractivity contribution in [2.75, 3.05) is 27.0 Å². The number of nitrogens with zero attached hydrogens (tertiary/aromatic N) is 1. The van der Waals surface area contributed by atoms with E-state index >= 15 is 0 Å². The van der Waals surface area contributed by atoms with Crippen LogP contribution in [-0.4, -0.2) is 44.3 Å². The Hall–Kier alpha value is -1.82. The molecule has 1 aliphatic carbocycles. The Kier molecular flexibility index (Phi) is 8.85. The molecule has 0 amide bonds. The molecule has 150 valence electrons. The number of methoxy groups -OCH3 is 2. The van der Waals surface area contributed by atoms with Gasteiger partial charge in [0.2, 0.25) is 0 Å². The monoisotopic (exact) mass is 391 g/mol. The molecule has 0 aromatic heterocycles. The summed E-state index contributed by atoms with van der Waals surface area (Å²) in [5.41, 5.74) is 2.16. The molecule has 1 aromatic carbocycles. The van der Waals surface area contributed by atoms with Crippen LogP contribution in [0.4, 0.5) is 0 Å². The molecule has 0 radical (unpaired) electrons. The van der Waals surface area contributed by atoms with E-state index < -0.39 is 0 Å². The highest BCUT2D eigenvalue weighted by molar-refractivity contribution is 7.99. The molecular weight excluding hydrogens is 358 g/mol. The summed E-state index contributed by atoms with van der Waals surface area (Å²) in [4.78, 5) is 4.80. The van der Waals surface area contributed by atoms with Gasteiger partial charge in [0, 0.05) is 23.4 Å². The minimum absolute atomic E-state index is 0.502. The van der Waals surface area contributed by atoms with Crippen LogP contribution in [0.3, 0.4) is 0 Å². The van der Waals surface area contributed by atoms with Gasteiger partial charge in [-0.1, -0.05) is 6.08 Å². The summed E-state index contributed by atoms with van der Waals surface area (Å²) in [7, 11) is 3.33. The second kappa shape index (κ2) is 11.1. The largest absolute Gasteiger partial charge is 0.493 e. The number of thioether (sulfide) groups is 1. The van der Waals surface area contributed by atoms with Crippen molar-refractivity contribution >= 4 is 17.7 Å². The molecular formula is C21H33N3O2S. The van der Waals surface area contributed by atoms with Crippen LogP contribution in [0.1, 0.15) is 37.3 Å². The fraction of sp³-hybridized carbons (Fsp3) is 0.571. The van der Waals surface area contributed by atoms with Gasteiger partial charge in [0.1, 0.15) is 0 Å². The number of hydrogen-bond donors (Lipinski definition) is 2. The van der Waals surface area contributed by atoms with Gasteiger partial charge in [-0.25, -0.2) is 4.99 Å². The first-order valence-electron chi connectivity index (χ1n) is 9.57. The fourth-order valence-electron chi connectivity index (χ4n) is 3.47. The lowest BCUT2D eigenvalue weighted by Gasteiger charge is -2.18. The SMILES string of the molecule is C=CCc1cc(CN=C(NCC)NC2CCC(SC)C2)cc(OC)c1OC. The average Bonchev–Trinajstić information content (AvgIpc) is 3.13. The van der Waals surface area contributed by atoms with Crippen LogP contribution in [0.2, 0.25) is 0 Å². The molecule has 6 heteroatoms. The standard InChI is InChI=1S/C21H33N3O2S/c1-6-8-16-11-15(12-19(25-3)20(16)26-4)14-23-21(22-7-2)24-17-9-10-18(13-17)27-5/h6,11-12,17-18H,1,7-10,13-14H2,2-5H3,(H2,22,23,24). The lowest BCUT2D eigenvalue weighted by atomic mass is 10.1. The van der Waals surface area contributed by atoms with Crippen molar-refractivity contribution in [1.29, 1.82) is 0 Å². The molecule has 1 aromatic rings. The van der Waals surface area contributed by atoms with E-state index in [0.29, 0.717) is 12.6 Å². The fourth-order valence-corrected chi connectivity index (χ4v) is 4.27. The van der Waals surface area contributed by atoms with Crippen LogP contribution in [-0.2, 0) is 13.0 Å². The first kappa shape index (κ1) is 21.5. The number of benzene rings is 1. The summed E-state index contributed by atoms with van der Waals surface area (Å²) in [6.07, 6.45) is 8.48. The predicted molar refractivity (Wildman–Crippen MR) is 116 cm³/mol. The van der Waals surface area contributed by atoms with Gasteiger partial charge < -0.3 is 20.1 Å². The van der Waals surface area contributed by atoms with Crippen molar-refractivity contribution < 1.29 is 9.47 Å². The van der Waals surface area contributed by atoms with Crippen LogP contribution < -0.4 is 20.1 Å². The lowest BCUT2D eigenvalue weighted by molar-refractivity contribution is 0.352. The van der Waals surface area contributed by atoms with Crippen LogP contribution >= 0.6 is 11.8 Å². The highest BCUT2D eigenvalue weighted by Crippen LogP contribution is 2.33. The maximum Gasteiger partial charge on any atom is 0.191 e. The predicted octanol–water partition coefficient (Wildman–Crippen LogP) is 3.77. The third-order valence-corrected chi connectivity index (χ3v) is 5.90. The molecule has 27 heavy (non-hydrogen) atoms. The smallest absolute Gasteiger partial charge is 0.191 e. The maximum atomic E-state index is 5.51. The molecule has 0 aliphatic heterocycles. The molecule has 2 unspecified atom stereocenters. The van der Waals surface area contributed by atoms with Crippen LogP contribution in [0.25, 0.3) is 0 Å². The Morgan fingerprint density at radius 1 is 1.33 bits per heavy atom. The number of hydrogen-bond acceptors (Lipinski definition) is 4. The van der Waals surface area contributed by atoms with Gasteiger partial charge in [0.05, 0.1) is 20.8 Å². The Morgan fingerprint density at radius 2 is 2.15 bits per heavy atom. The number of aliphatic imine (C=N–C) groups is 1. The van der Waals surface area contributed by atoms with E-state index in [9.17, 15) is 0 Å². The van der Waals surface area contributed by atoms with E-state index in [1.54, 1.807) is 14.2 Å². The summed E-state index contributed by atoms with van der Waals surface area (Å²) in [5, 5.41) is 7.72. The molecule has 0 saturated heterocycles. The van der Waals surface area contributed by atoms with E-state index in [1.807, 2.05) is 23.9 Å². The number of guanidine groups is 1. The van der Waals surface area contributed by atoms with E-state index in [2.05, 4.69) is 36.5 Å². The summed E-state index contributed by atoms with van der Waals surface area (Å²) in [5.74, 6) is 2.38. The highest BCUT2D eigenvalue weighted by atomic mass is 32.2. The minimum Gasteiger partial charge on any atom is -0.493 e. The van der Waals surface area contributed by atoms with Gasteiger partial charge in [-0.2, -0.15) is 11.8 Å². The van der Waals surface area contributed by atoms with Crippen molar-refractivity contribution in [2.45, 2.75) is 50.4 Å². The van der Waals surface area contributed by atoms with Crippen LogP contribution in [0.5, 0.6) is 11.5 Å². The Morgan fingerprint density at radius 3 is 2.74 bits per heavy atom. The zero-order valence-corrected chi connectivity index (χ0v) is 17.8. The van der Waals surface area contributed by atoms with Crippen LogP contribution in [0.15, 0.2) is 29.8 Å². The van der Waals surface area contributed by atoms with Gasteiger partial charge in [0.25, 0.3) is 0 Å². The minimum atomic E-state index is 0.502. The van der Waals surface area contributed by atoms with Crippen LogP contribution in [0, 0.1) is 0 Å². The molecule has 0 spiro atoms. The van der Waals surface area contributed by atoms with Gasteiger partial charge in [-0.05, 0) is 56.6 Å². The average molecular weight is 392 g/mol. The molecule has 1 fully saturated rings. The highest BCUT2D eigenvalue weighted by Gasteiger charge is 2.24. The Bertz CT molecular complexity index is 649. The number of nitrogens with one attached hydrogen (secondary N) is 2. The van der Waals surface area contributed by atoms with E-state index in [-0.39, 0.29) is 0 Å². The quantitative estimate of drug-likeness (QED) is 0.381. The summed E-state index contributed by atoms with van der Waals surface area (Å²) in [6.45, 7) is 7.36. The van der Waals surface area contributed by atoms with Crippen molar-refractivity contribution in [3.05, 3.63) is 35.9 Å². The Labute approximate surface area is 168 Å². The van der Waals surface area contributed by atoms with E-state index in [4.69, 9.17) is 14.5 Å². The second-order valence-corrected chi connectivity index (χ2v) is 7.83. The van der Waals surface area contributed by atoms with Crippen molar-refractivity contribution in [3.63, 3.8) is 0 Å². The van der Waals surface area contributed by atoms with Crippen molar-refractivity contribution in [1.82, 2.24) is 10.6 Å². The summed E-state index contributed by atoms with van der Waals surface area (Å²) < 4.78 is 11.0. The molecule has 2 N–H and O–H groups in total. The lowest BCUT2D eigenvalue weighted by Crippen LogP contribution is -2.42. The van der Waals surface area contributed by atoms with Gasteiger partial charge in [-0.15, -0.1) is 6.58 Å². The summed E-state index contributed by atoms with van der Waals surface area (Å²) >= 11 is 1.97. The third-order valence-electron chi connectivity index (χ3n) is 4.80. The molecule has 1 aliphatic rings.